The molecule has 2 heterocycles. The lowest BCUT2D eigenvalue weighted by molar-refractivity contribution is -0.111. The van der Waals surface area contributed by atoms with E-state index in [2.05, 4.69) is 47.4 Å². The first kappa shape index (κ1) is 30.5. The molecule has 0 bridgehead atoms. The summed E-state index contributed by atoms with van der Waals surface area (Å²) < 4.78 is 11.5. The standard InChI is InChI=1S/C30H36N10O3/c1-6-28(41)36-23-16-24(27(42-5)17-25(23)40(4)14-13-39(2)3)37-30-34-19-33-29(38-30)35-20-10-11-26(22(31)15-20)43-18-21-9-7-8-12-32-21/h6-12,15-17,19H,1,13-14,18,31H2,2-5H3,(H,36,41)(H2,33,34,35,37,38). The molecule has 0 aliphatic rings. The van der Waals surface area contributed by atoms with E-state index in [1.807, 2.05) is 56.4 Å². The van der Waals surface area contributed by atoms with Gasteiger partial charge in [0.15, 0.2) is 0 Å². The molecule has 43 heavy (non-hydrogen) atoms. The van der Waals surface area contributed by atoms with Crippen LogP contribution in [0.4, 0.5) is 40.3 Å². The van der Waals surface area contributed by atoms with Crippen molar-refractivity contribution in [3.63, 3.8) is 0 Å². The summed E-state index contributed by atoms with van der Waals surface area (Å²) in [6.07, 6.45) is 4.31. The van der Waals surface area contributed by atoms with E-state index in [9.17, 15) is 4.79 Å². The smallest absolute Gasteiger partial charge is 0.247 e. The van der Waals surface area contributed by atoms with Gasteiger partial charge in [0, 0.05) is 38.1 Å². The molecule has 0 saturated carbocycles. The van der Waals surface area contributed by atoms with Crippen LogP contribution in [0.3, 0.4) is 0 Å². The number of nitrogen functional groups attached to an aromatic ring is 1. The lowest BCUT2D eigenvalue weighted by atomic mass is 10.2. The second kappa shape index (κ2) is 14.5. The van der Waals surface area contributed by atoms with E-state index in [1.54, 1.807) is 31.5 Å². The number of pyridine rings is 1. The fourth-order valence-electron chi connectivity index (χ4n) is 3.96. The van der Waals surface area contributed by atoms with Gasteiger partial charge in [-0.1, -0.05) is 12.6 Å². The van der Waals surface area contributed by atoms with Crippen molar-refractivity contribution in [1.29, 1.82) is 0 Å². The van der Waals surface area contributed by atoms with Gasteiger partial charge >= 0.3 is 0 Å². The number of aromatic nitrogens is 4. The highest BCUT2D eigenvalue weighted by molar-refractivity contribution is 6.02. The third-order valence-electron chi connectivity index (χ3n) is 6.24. The van der Waals surface area contributed by atoms with Crippen LogP contribution in [0.5, 0.6) is 11.5 Å². The lowest BCUT2D eigenvalue weighted by Crippen LogP contribution is -2.29. The minimum atomic E-state index is -0.336. The minimum absolute atomic E-state index is 0.258. The first-order chi connectivity index (χ1) is 20.7. The molecule has 0 unspecified atom stereocenters. The molecule has 1 amide bonds. The quantitative estimate of drug-likeness (QED) is 0.125. The number of hydrogen-bond acceptors (Lipinski definition) is 12. The molecule has 0 spiro atoms. The van der Waals surface area contributed by atoms with Gasteiger partial charge in [0.05, 0.1) is 35.6 Å². The minimum Gasteiger partial charge on any atom is -0.494 e. The monoisotopic (exact) mass is 584 g/mol. The number of amides is 1. The Kier molecular flexibility index (Phi) is 10.3. The van der Waals surface area contributed by atoms with Gasteiger partial charge in [-0.2, -0.15) is 4.98 Å². The number of methoxy groups -OCH3 is 1. The molecule has 4 rings (SSSR count). The van der Waals surface area contributed by atoms with Gasteiger partial charge in [0.1, 0.15) is 24.4 Å². The number of benzene rings is 2. The number of anilines is 7. The largest absolute Gasteiger partial charge is 0.494 e. The van der Waals surface area contributed by atoms with Crippen molar-refractivity contribution in [1.82, 2.24) is 24.8 Å². The number of carbonyl (C=O) groups excluding carboxylic acids is 1. The van der Waals surface area contributed by atoms with Crippen molar-refractivity contribution in [2.75, 3.05) is 67.9 Å². The number of likely N-dealkylation sites (N-methyl/N-ethyl adjacent to an activating group) is 2. The molecule has 2 aromatic carbocycles. The van der Waals surface area contributed by atoms with Crippen molar-refractivity contribution in [2.45, 2.75) is 6.61 Å². The normalized spacial score (nSPS) is 10.6. The van der Waals surface area contributed by atoms with E-state index in [-0.39, 0.29) is 11.9 Å². The Labute approximate surface area is 250 Å². The number of nitrogens with zero attached hydrogens (tertiary/aromatic N) is 6. The summed E-state index contributed by atoms with van der Waals surface area (Å²) in [6.45, 7) is 5.42. The molecule has 0 aliphatic carbocycles. The molecular weight excluding hydrogens is 548 g/mol. The number of rotatable bonds is 14. The Balaban J connectivity index is 1.51. The highest BCUT2D eigenvalue weighted by atomic mass is 16.5. The second-order valence-electron chi connectivity index (χ2n) is 9.73. The Morgan fingerprint density at radius 3 is 2.44 bits per heavy atom. The predicted octanol–water partition coefficient (Wildman–Crippen LogP) is 4.05. The van der Waals surface area contributed by atoms with E-state index in [1.165, 1.54) is 12.4 Å². The van der Waals surface area contributed by atoms with Crippen molar-refractivity contribution >= 4 is 46.2 Å². The topological polar surface area (TPSA) is 156 Å². The van der Waals surface area contributed by atoms with Crippen molar-refractivity contribution in [3.8, 4) is 11.5 Å². The van der Waals surface area contributed by atoms with Gasteiger partial charge in [-0.05, 0) is 56.6 Å². The van der Waals surface area contributed by atoms with Crippen LogP contribution in [0, 0.1) is 0 Å². The Hall–Kier alpha value is -5.43. The summed E-state index contributed by atoms with van der Waals surface area (Å²) in [5.74, 6) is 1.29. The number of carbonyl (C=O) groups is 1. The lowest BCUT2D eigenvalue weighted by Gasteiger charge is -2.26. The van der Waals surface area contributed by atoms with Crippen LogP contribution >= 0.6 is 0 Å². The van der Waals surface area contributed by atoms with Gasteiger partial charge in [-0.3, -0.25) is 9.78 Å². The molecule has 224 valence electrons. The molecule has 2 aromatic heterocycles. The van der Waals surface area contributed by atoms with Gasteiger partial charge < -0.3 is 41.0 Å². The van der Waals surface area contributed by atoms with Gasteiger partial charge in [-0.25, -0.2) is 9.97 Å². The molecule has 5 N–H and O–H groups in total. The summed E-state index contributed by atoms with van der Waals surface area (Å²) in [5.41, 5.74) is 10.0. The SMILES string of the molecule is C=CC(=O)Nc1cc(Nc2ncnc(Nc3ccc(OCc4ccccn4)c(N)c3)n2)c(OC)cc1N(C)CCN(C)C. The van der Waals surface area contributed by atoms with E-state index >= 15 is 0 Å². The molecule has 4 aromatic rings. The molecule has 0 atom stereocenters. The Morgan fingerprint density at radius 1 is 0.977 bits per heavy atom. The van der Waals surface area contributed by atoms with Crippen LogP contribution < -0.4 is 36.1 Å². The fourth-order valence-corrected chi connectivity index (χ4v) is 3.96. The van der Waals surface area contributed by atoms with E-state index in [4.69, 9.17) is 15.2 Å². The molecule has 0 aliphatic heterocycles. The number of ether oxygens (including phenoxy) is 2. The van der Waals surface area contributed by atoms with E-state index in [0.29, 0.717) is 46.8 Å². The predicted molar refractivity (Wildman–Crippen MR) is 169 cm³/mol. The van der Waals surface area contributed by atoms with Crippen molar-refractivity contribution < 1.29 is 14.3 Å². The molecule has 13 nitrogen and oxygen atoms in total. The van der Waals surface area contributed by atoms with Crippen LogP contribution in [0.2, 0.25) is 0 Å². The first-order valence-electron chi connectivity index (χ1n) is 13.4. The molecule has 0 radical (unpaired) electrons. The number of nitrogens with one attached hydrogen (secondary N) is 3. The van der Waals surface area contributed by atoms with Gasteiger partial charge in [0.25, 0.3) is 0 Å². The maximum Gasteiger partial charge on any atom is 0.247 e. The fraction of sp³-hybridized carbons (Fsp3) is 0.233. The summed E-state index contributed by atoms with van der Waals surface area (Å²) in [4.78, 5) is 33.6. The summed E-state index contributed by atoms with van der Waals surface area (Å²) in [6, 6.07) is 14.5. The molecular formula is C30H36N10O3. The number of nitrogens with two attached hydrogens (primary N) is 1. The average Bonchev–Trinajstić information content (AvgIpc) is 3.00. The van der Waals surface area contributed by atoms with Gasteiger partial charge in [0.2, 0.25) is 17.8 Å². The second-order valence-corrected chi connectivity index (χ2v) is 9.73. The Bertz CT molecular complexity index is 1550. The van der Waals surface area contributed by atoms with Crippen LogP contribution in [0.15, 0.2) is 73.7 Å². The first-order valence-corrected chi connectivity index (χ1v) is 13.4. The summed E-state index contributed by atoms with van der Waals surface area (Å²) in [7, 11) is 7.53. The molecule has 0 saturated heterocycles. The summed E-state index contributed by atoms with van der Waals surface area (Å²) >= 11 is 0. The van der Waals surface area contributed by atoms with Crippen LogP contribution in [0.1, 0.15) is 5.69 Å². The van der Waals surface area contributed by atoms with Crippen molar-refractivity contribution in [3.05, 3.63) is 79.4 Å². The highest BCUT2D eigenvalue weighted by Gasteiger charge is 2.17. The third-order valence-corrected chi connectivity index (χ3v) is 6.24. The maximum absolute atomic E-state index is 12.2. The summed E-state index contributed by atoms with van der Waals surface area (Å²) in [5, 5.41) is 9.18. The van der Waals surface area contributed by atoms with E-state index in [0.717, 1.165) is 24.5 Å². The number of hydrogen-bond donors (Lipinski definition) is 4. The zero-order chi connectivity index (χ0) is 30.8. The van der Waals surface area contributed by atoms with E-state index < -0.39 is 0 Å². The highest BCUT2D eigenvalue weighted by Crippen LogP contribution is 2.38. The molecule has 13 heteroatoms. The van der Waals surface area contributed by atoms with Crippen LogP contribution in [-0.4, -0.2) is 72.1 Å². The zero-order valence-corrected chi connectivity index (χ0v) is 24.7. The maximum atomic E-state index is 12.2. The van der Waals surface area contributed by atoms with Crippen LogP contribution in [0.25, 0.3) is 0 Å². The molecule has 0 fully saturated rings. The Morgan fingerprint density at radius 2 is 1.77 bits per heavy atom. The van der Waals surface area contributed by atoms with Crippen molar-refractivity contribution in [2.24, 2.45) is 0 Å². The average molecular weight is 585 g/mol. The van der Waals surface area contributed by atoms with Gasteiger partial charge in [-0.15, -0.1) is 0 Å². The van der Waals surface area contributed by atoms with Crippen LogP contribution in [-0.2, 0) is 11.4 Å². The third kappa shape index (κ3) is 8.53. The zero-order valence-electron chi connectivity index (χ0n) is 24.7.